The Morgan fingerprint density at radius 3 is 2.42 bits per heavy atom. The minimum Gasteiger partial charge on any atom is -0.353 e. The molecule has 4 rings (SSSR count). The van der Waals surface area contributed by atoms with Gasteiger partial charge in [0.1, 0.15) is 10.8 Å². The van der Waals surface area contributed by atoms with E-state index in [2.05, 4.69) is 36.0 Å². The number of rotatable bonds is 4. The molecule has 0 spiro atoms. The zero-order chi connectivity index (χ0) is 16.7. The zero-order valence-electron chi connectivity index (χ0n) is 14.4. The van der Waals surface area contributed by atoms with Gasteiger partial charge in [-0.15, -0.1) is 10.2 Å². The maximum atomic E-state index is 4.69. The molecular formula is C16H23N7S. The zero-order valence-corrected chi connectivity index (χ0v) is 15.3. The van der Waals surface area contributed by atoms with E-state index in [0.717, 1.165) is 48.8 Å². The van der Waals surface area contributed by atoms with E-state index in [4.69, 9.17) is 0 Å². The van der Waals surface area contributed by atoms with Crippen molar-refractivity contribution in [3.05, 3.63) is 16.8 Å². The summed E-state index contributed by atoms with van der Waals surface area (Å²) in [6, 6.07) is 2.07. The third kappa shape index (κ3) is 3.15. The normalized spacial score (nSPS) is 18.1. The van der Waals surface area contributed by atoms with Gasteiger partial charge in [0.2, 0.25) is 11.1 Å². The van der Waals surface area contributed by atoms with Crippen molar-refractivity contribution >= 4 is 28.2 Å². The maximum Gasteiger partial charge on any atom is 0.226 e. The van der Waals surface area contributed by atoms with Gasteiger partial charge in [-0.25, -0.2) is 4.98 Å². The van der Waals surface area contributed by atoms with Gasteiger partial charge in [0.05, 0.1) is 0 Å². The van der Waals surface area contributed by atoms with Crippen LogP contribution in [0.3, 0.4) is 0 Å². The highest BCUT2D eigenvalue weighted by Gasteiger charge is 2.29. The van der Waals surface area contributed by atoms with Gasteiger partial charge in [-0.3, -0.25) is 0 Å². The Bertz CT molecular complexity index is 717. The maximum absolute atomic E-state index is 4.69. The fourth-order valence-corrected chi connectivity index (χ4v) is 3.94. The molecule has 1 aliphatic carbocycles. The molecular weight excluding hydrogens is 322 g/mol. The SMILES string of the molecule is Cc1cc(N2CCN(c3nnc(C4CC4)s3)CC2)nc(N(C)C)n1. The number of piperazine rings is 1. The quantitative estimate of drug-likeness (QED) is 0.839. The molecule has 2 aromatic heterocycles. The van der Waals surface area contributed by atoms with Gasteiger partial charge in [0, 0.05) is 58.0 Å². The highest BCUT2D eigenvalue weighted by molar-refractivity contribution is 7.15. The van der Waals surface area contributed by atoms with Crippen molar-refractivity contribution in [3.8, 4) is 0 Å². The molecule has 2 aliphatic rings. The third-order valence-corrected chi connectivity index (χ3v) is 5.61. The van der Waals surface area contributed by atoms with Gasteiger partial charge in [0.25, 0.3) is 0 Å². The third-order valence-electron chi connectivity index (χ3n) is 4.46. The van der Waals surface area contributed by atoms with Crippen LogP contribution in [0.5, 0.6) is 0 Å². The predicted molar refractivity (Wildman–Crippen MR) is 97.4 cm³/mol. The topological polar surface area (TPSA) is 61.3 Å². The van der Waals surface area contributed by atoms with Crippen molar-refractivity contribution in [3.63, 3.8) is 0 Å². The van der Waals surface area contributed by atoms with E-state index >= 15 is 0 Å². The lowest BCUT2D eigenvalue weighted by Crippen LogP contribution is -2.47. The second kappa shape index (κ2) is 6.16. The fraction of sp³-hybridized carbons (Fsp3) is 0.625. The molecule has 1 saturated carbocycles. The Balaban J connectivity index is 1.43. The Kier molecular flexibility index (Phi) is 3.99. The number of hydrogen-bond acceptors (Lipinski definition) is 8. The Morgan fingerprint density at radius 2 is 1.75 bits per heavy atom. The van der Waals surface area contributed by atoms with Gasteiger partial charge in [-0.2, -0.15) is 4.98 Å². The number of aryl methyl sites for hydroxylation is 1. The second-order valence-electron chi connectivity index (χ2n) is 6.73. The lowest BCUT2D eigenvalue weighted by atomic mass is 10.3. The monoisotopic (exact) mass is 345 g/mol. The molecule has 0 amide bonds. The van der Waals surface area contributed by atoms with Crippen LogP contribution < -0.4 is 14.7 Å². The van der Waals surface area contributed by atoms with E-state index in [9.17, 15) is 0 Å². The fourth-order valence-electron chi connectivity index (χ4n) is 2.87. The first-order chi connectivity index (χ1) is 11.6. The average molecular weight is 345 g/mol. The number of aromatic nitrogens is 4. The Labute approximate surface area is 146 Å². The van der Waals surface area contributed by atoms with E-state index in [0.29, 0.717) is 5.92 Å². The molecule has 0 unspecified atom stereocenters. The summed E-state index contributed by atoms with van der Waals surface area (Å²) >= 11 is 1.77. The molecule has 0 aromatic carbocycles. The molecule has 8 heteroatoms. The van der Waals surface area contributed by atoms with Gasteiger partial charge in [-0.1, -0.05) is 11.3 Å². The van der Waals surface area contributed by atoms with Crippen LogP contribution in [-0.2, 0) is 0 Å². The summed E-state index contributed by atoms with van der Waals surface area (Å²) in [5.41, 5.74) is 1.00. The second-order valence-corrected chi connectivity index (χ2v) is 7.72. The van der Waals surface area contributed by atoms with Crippen LogP contribution in [0.25, 0.3) is 0 Å². The summed E-state index contributed by atoms with van der Waals surface area (Å²) in [6.45, 7) is 5.83. The molecule has 7 nitrogen and oxygen atoms in total. The number of anilines is 3. The van der Waals surface area contributed by atoms with Gasteiger partial charge in [-0.05, 0) is 19.8 Å². The van der Waals surface area contributed by atoms with Gasteiger partial charge < -0.3 is 14.7 Å². The largest absolute Gasteiger partial charge is 0.353 e. The van der Waals surface area contributed by atoms with E-state index in [1.54, 1.807) is 11.3 Å². The Morgan fingerprint density at radius 1 is 1.04 bits per heavy atom. The molecule has 2 fully saturated rings. The molecule has 0 bridgehead atoms. The van der Waals surface area contributed by atoms with E-state index in [1.165, 1.54) is 17.8 Å². The molecule has 1 aliphatic heterocycles. The van der Waals surface area contributed by atoms with Crippen LogP contribution in [0.1, 0.15) is 29.5 Å². The van der Waals surface area contributed by atoms with Crippen LogP contribution >= 0.6 is 11.3 Å². The molecule has 2 aromatic rings. The van der Waals surface area contributed by atoms with Crippen molar-refractivity contribution < 1.29 is 0 Å². The summed E-state index contributed by atoms with van der Waals surface area (Å²) in [5.74, 6) is 2.47. The van der Waals surface area contributed by atoms with Crippen molar-refractivity contribution in [1.82, 2.24) is 20.2 Å². The van der Waals surface area contributed by atoms with Crippen molar-refractivity contribution in [2.24, 2.45) is 0 Å². The van der Waals surface area contributed by atoms with E-state index in [-0.39, 0.29) is 0 Å². The summed E-state index contributed by atoms with van der Waals surface area (Å²) in [5, 5.41) is 11.0. The van der Waals surface area contributed by atoms with E-state index < -0.39 is 0 Å². The summed E-state index contributed by atoms with van der Waals surface area (Å²) in [7, 11) is 3.95. The highest BCUT2D eigenvalue weighted by atomic mass is 32.1. The summed E-state index contributed by atoms with van der Waals surface area (Å²) in [6.07, 6.45) is 2.56. The number of nitrogens with zero attached hydrogens (tertiary/aromatic N) is 7. The van der Waals surface area contributed by atoms with Crippen LogP contribution in [-0.4, -0.2) is 60.4 Å². The van der Waals surface area contributed by atoms with Crippen LogP contribution in [0, 0.1) is 6.92 Å². The smallest absolute Gasteiger partial charge is 0.226 e. The molecule has 0 N–H and O–H groups in total. The van der Waals surface area contributed by atoms with Gasteiger partial charge in [0.15, 0.2) is 0 Å². The number of hydrogen-bond donors (Lipinski definition) is 0. The van der Waals surface area contributed by atoms with Crippen molar-refractivity contribution in [1.29, 1.82) is 0 Å². The molecule has 0 atom stereocenters. The van der Waals surface area contributed by atoms with Crippen molar-refractivity contribution in [2.75, 3.05) is 55.0 Å². The average Bonchev–Trinajstić information content (AvgIpc) is 3.31. The van der Waals surface area contributed by atoms with E-state index in [1.807, 2.05) is 25.9 Å². The van der Waals surface area contributed by atoms with Gasteiger partial charge >= 0.3 is 0 Å². The lowest BCUT2D eigenvalue weighted by molar-refractivity contribution is 0.642. The molecule has 3 heterocycles. The van der Waals surface area contributed by atoms with Crippen LogP contribution in [0.15, 0.2) is 6.07 Å². The minimum absolute atomic E-state index is 0.686. The molecule has 0 radical (unpaired) electrons. The minimum atomic E-state index is 0.686. The first-order valence-electron chi connectivity index (χ1n) is 8.46. The first kappa shape index (κ1) is 15.6. The Hall–Kier alpha value is -1.96. The molecule has 128 valence electrons. The summed E-state index contributed by atoms with van der Waals surface area (Å²) in [4.78, 5) is 15.8. The van der Waals surface area contributed by atoms with Crippen LogP contribution in [0.4, 0.5) is 16.9 Å². The highest BCUT2D eigenvalue weighted by Crippen LogP contribution is 2.42. The lowest BCUT2D eigenvalue weighted by Gasteiger charge is -2.35. The van der Waals surface area contributed by atoms with Crippen molar-refractivity contribution in [2.45, 2.75) is 25.7 Å². The summed E-state index contributed by atoms with van der Waals surface area (Å²) < 4.78 is 0. The van der Waals surface area contributed by atoms with Crippen LogP contribution in [0.2, 0.25) is 0 Å². The standard InChI is InChI=1S/C16H23N7S/c1-11-10-13(18-15(17-11)21(2)3)22-6-8-23(9-7-22)16-20-19-14(24-16)12-4-5-12/h10,12H,4-9H2,1-3H3. The molecule has 1 saturated heterocycles. The molecule has 24 heavy (non-hydrogen) atoms. The predicted octanol–water partition coefficient (Wildman–Crippen LogP) is 1.91. The first-order valence-corrected chi connectivity index (χ1v) is 9.28.